The minimum Gasteiger partial charge on any atom is -0.477 e. The van der Waals surface area contributed by atoms with Gasteiger partial charge in [-0.3, -0.25) is 5.32 Å². The number of ether oxygens (including phenoxy) is 2. The predicted octanol–water partition coefficient (Wildman–Crippen LogP) is -3.08. The summed E-state index contributed by atoms with van der Waals surface area (Å²) >= 11 is 0. The Morgan fingerprint density at radius 3 is 2.42 bits per heavy atom. The summed E-state index contributed by atoms with van der Waals surface area (Å²) in [4.78, 5) is 22.5. The van der Waals surface area contributed by atoms with Crippen LogP contribution in [-0.4, -0.2) is 98.6 Å². The molecule has 7 N–H and O–H groups in total. The second-order valence-corrected chi connectivity index (χ2v) is 6.31. The molecular formula is C15H27NO10. The van der Waals surface area contributed by atoms with Crippen molar-refractivity contribution in [3.05, 3.63) is 0 Å². The molecule has 0 saturated carbocycles. The van der Waals surface area contributed by atoms with Crippen LogP contribution in [0, 0.1) is 0 Å². The molecule has 0 aliphatic carbocycles. The van der Waals surface area contributed by atoms with Gasteiger partial charge in [-0.2, -0.15) is 0 Å². The maximum absolute atomic E-state index is 11.5. The predicted molar refractivity (Wildman–Crippen MR) is 84.8 cm³/mol. The first-order chi connectivity index (χ1) is 12.1. The summed E-state index contributed by atoms with van der Waals surface area (Å²) in [5.41, 5.74) is 0. The SMILES string of the molecule is CO[C@]1(C(=O)O)C[C@@H](O)[C@@H](NC(O)CCC(C)=O)C([C@H](O)[C@H](O)CO)O1. The lowest BCUT2D eigenvalue weighted by Gasteiger charge is -2.46. The van der Waals surface area contributed by atoms with Crippen LogP contribution in [0.3, 0.4) is 0 Å². The first-order valence-corrected chi connectivity index (χ1v) is 8.13. The van der Waals surface area contributed by atoms with Gasteiger partial charge in [-0.05, 0) is 13.3 Å². The summed E-state index contributed by atoms with van der Waals surface area (Å²) in [5.74, 6) is -3.99. The van der Waals surface area contributed by atoms with E-state index in [9.17, 15) is 35.1 Å². The minimum absolute atomic E-state index is 0.0122. The van der Waals surface area contributed by atoms with Gasteiger partial charge in [0, 0.05) is 20.0 Å². The molecule has 152 valence electrons. The number of carboxylic acid groups (broad SMARTS) is 1. The molecule has 0 radical (unpaired) electrons. The second kappa shape index (κ2) is 9.67. The largest absolute Gasteiger partial charge is 0.477 e. The van der Waals surface area contributed by atoms with Gasteiger partial charge in [0.1, 0.15) is 30.3 Å². The molecule has 11 heteroatoms. The number of rotatable bonds is 10. The van der Waals surface area contributed by atoms with Crippen LogP contribution in [0.15, 0.2) is 0 Å². The Balaban J connectivity index is 3.04. The summed E-state index contributed by atoms with van der Waals surface area (Å²) < 4.78 is 10.2. The van der Waals surface area contributed by atoms with Crippen molar-refractivity contribution in [2.24, 2.45) is 0 Å². The van der Waals surface area contributed by atoms with E-state index in [1.54, 1.807) is 0 Å². The molecule has 1 heterocycles. The summed E-state index contributed by atoms with van der Waals surface area (Å²) in [7, 11) is 1.04. The summed E-state index contributed by atoms with van der Waals surface area (Å²) in [6.45, 7) is 0.499. The van der Waals surface area contributed by atoms with E-state index in [4.69, 9.17) is 14.6 Å². The lowest BCUT2D eigenvalue weighted by molar-refractivity contribution is -0.306. The normalized spacial score (nSPS) is 32.7. The van der Waals surface area contributed by atoms with Crippen LogP contribution >= 0.6 is 0 Å². The number of aliphatic hydroxyl groups excluding tert-OH is 5. The van der Waals surface area contributed by atoms with Gasteiger partial charge < -0.3 is 44.9 Å². The van der Waals surface area contributed by atoms with Crippen molar-refractivity contribution in [3.8, 4) is 0 Å². The molecular weight excluding hydrogens is 354 g/mol. The lowest BCUT2D eigenvalue weighted by atomic mass is 9.88. The molecule has 11 nitrogen and oxygen atoms in total. The molecule has 1 aliphatic rings. The van der Waals surface area contributed by atoms with Gasteiger partial charge in [0.2, 0.25) is 0 Å². The third kappa shape index (κ3) is 5.41. The number of hydrogen-bond donors (Lipinski definition) is 7. The summed E-state index contributed by atoms with van der Waals surface area (Å²) in [5, 5.41) is 61.2. The average molecular weight is 381 g/mol. The van der Waals surface area contributed by atoms with Crippen LogP contribution in [0.25, 0.3) is 0 Å². The molecule has 2 unspecified atom stereocenters. The maximum Gasteiger partial charge on any atom is 0.364 e. The van der Waals surface area contributed by atoms with E-state index in [1.807, 2.05) is 0 Å². The second-order valence-electron chi connectivity index (χ2n) is 6.31. The Bertz CT molecular complexity index is 489. The fraction of sp³-hybridized carbons (Fsp3) is 0.867. The lowest BCUT2D eigenvalue weighted by Crippen LogP contribution is -2.68. The van der Waals surface area contributed by atoms with Crippen LogP contribution in [0.2, 0.25) is 0 Å². The Labute approximate surface area is 150 Å². The smallest absolute Gasteiger partial charge is 0.364 e. The molecule has 0 amide bonds. The minimum atomic E-state index is -2.28. The van der Waals surface area contributed by atoms with Crippen LogP contribution < -0.4 is 5.32 Å². The fourth-order valence-electron chi connectivity index (χ4n) is 2.78. The summed E-state index contributed by atoms with van der Waals surface area (Å²) in [6, 6.07) is -1.20. The molecule has 1 aliphatic heterocycles. The van der Waals surface area contributed by atoms with E-state index in [0.717, 1.165) is 7.11 Å². The average Bonchev–Trinajstić information content (AvgIpc) is 2.59. The van der Waals surface area contributed by atoms with Crippen LogP contribution in [0.1, 0.15) is 26.2 Å². The topological polar surface area (TPSA) is 186 Å². The van der Waals surface area contributed by atoms with Gasteiger partial charge in [-0.1, -0.05) is 0 Å². The quantitative estimate of drug-likeness (QED) is 0.190. The van der Waals surface area contributed by atoms with Gasteiger partial charge >= 0.3 is 5.97 Å². The molecule has 0 aromatic rings. The molecule has 1 saturated heterocycles. The molecule has 26 heavy (non-hydrogen) atoms. The standard InChI is InChI=1S/C15H27NO10/c1-7(18)3-4-10(21)16-11-8(19)5-15(25-2,14(23)24)26-13(11)12(22)9(20)6-17/h8-13,16-17,19-22H,3-6H2,1-2H3,(H,23,24)/t8-,9-,10?,11-,12-,13?,15-/m1/s1. The van der Waals surface area contributed by atoms with Crippen LogP contribution in [0.5, 0.6) is 0 Å². The van der Waals surface area contributed by atoms with Crippen LogP contribution in [0.4, 0.5) is 0 Å². The number of ketones is 1. The van der Waals surface area contributed by atoms with Gasteiger partial charge in [0.05, 0.1) is 18.8 Å². The molecule has 0 aromatic carbocycles. The Kier molecular flexibility index (Phi) is 8.50. The van der Waals surface area contributed by atoms with Crippen LogP contribution in [-0.2, 0) is 19.1 Å². The number of Topliss-reactive ketones (excluding diaryl/α,β-unsaturated/α-hetero) is 1. The van der Waals surface area contributed by atoms with E-state index in [2.05, 4.69) is 5.32 Å². The first kappa shape index (κ1) is 22.9. The zero-order chi connectivity index (χ0) is 20.1. The van der Waals surface area contributed by atoms with Crippen molar-refractivity contribution in [1.82, 2.24) is 5.32 Å². The highest BCUT2D eigenvalue weighted by atomic mass is 16.7. The van der Waals surface area contributed by atoms with Crippen molar-refractivity contribution < 1.29 is 49.7 Å². The Hall–Kier alpha value is -1.18. The van der Waals surface area contributed by atoms with Gasteiger partial charge in [-0.15, -0.1) is 0 Å². The number of hydrogen-bond acceptors (Lipinski definition) is 10. The highest BCUT2D eigenvalue weighted by Gasteiger charge is 2.55. The highest BCUT2D eigenvalue weighted by molar-refractivity contribution is 5.76. The number of carbonyl (C=O) groups is 2. The van der Waals surface area contributed by atoms with Crippen molar-refractivity contribution >= 4 is 11.8 Å². The molecule has 7 atom stereocenters. The maximum atomic E-state index is 11.5. The van der Waals surface area contributed by atoms with Crippen molar-refractivity contribution in [2.75, 3.05) is 13.7 Å². The van der Waals surface area contributed by atoms with Gasteiger partial charge in [0.15, 0.2) is 0 Å². The molecule has 0 spiro atoms. The van der Waals surface area contributed by atoms with E-state index >= 15 is 0 Å². The molecule has 1 rings (SSSR count). The number of carbonyl (C=O) groups excluding carboxylic acids is 1. The van der Waals surface area contributed by atoms with Crippen molar-refractivity contribution in [3.63, 3.8) is 0 Å². The first-order valence-electron chi connectivity index (χ1n) is 8.13. The fourth-order valence-corrected chi connectivity index (χ4v) is 2.78. The molecule has 0 bridgehead atoms. The van der Waals surface area contributed by atoms with Crippen molar-refractivity contribution in [2.45, 2.75) is 68.7 Å². The van der Waals surface area contributed by atoms with Gasteiger partial charge in [0.25, 0.3) is 5.79 Å². The third-order valence-electron chi connectivity index (χ3n) is 4.30. The van der Waals surface area contributed by atoms with Gasteiger partial charge in [-0.25, -0.2) is 4.79 Å². The van der Waals surface area contributed by atoms with E-state index in [0.29, 0.717) is 0 Å². The van der Waals surface area contributed by atoms with Crippen molar-refractivity contribution in [1.29, 1.82) is 0 Å². The summed E-state index contributed by atoms with van der Waals surface area (Å²) in [6.07, 6.45) is -8.17. The monoisotopic (exact) mass is 381 g/mol. The zero-order valence-electron chi connectivity index (χ0n) is 14.6. The third-order valence-corrected chi connectivity index (χ3v) is 4.30. The Morgan fingerprint density at radius 1 is 1.35 bits per heavy atom. The number of aliphatic carboxylic acids is 1. The van der Waals surface area contributed by atoms with E-state index in [-0.39, 0.29) is 18.6 Å². The highest BCUT2D eigenvalue weighted by Crippen LogP contribution is 2.33. The molecule has 0 aromatic heterocycles. The van der Waals surface area contributed by atoms with E-state index < -0.39 is 61.5 Å². The number of aliphatic hydroxyl groups is 5. The number of carboxylic acids is 1. The van der Waals surface area contributed by atoms with E-state index in [1.165, 1.54) is 6.92 Å². The Morgan fingerprint density at radius 2 is 1.96 bits per heavy atom. The number of methoxy groups -OCH3 is 1. The number of nitrogens with one attached hydrogen (secondary N) is 1. The molecule has 1 fully saturated rings. The zero-order valence-corrected chi connectivity index (χ0v) is 14.6.